The molecule has 0 spiro atoms. The van der Waals surface area contributed by atoms with Crippen LogP contribution in [0.25, 0.3) is 0 Å². The van der Waals surface area contributed by atoms with Crippen molar-refractivity contribution in [2.45, 2.75) is 12.7 Å². The summed E-state index contributed by atoms with van der Waals surface area (Å²) < 4.78 is 52.3. The van der Waals surface area contributed by atoms with Crippen molar-refractivity contribution in [1.82, 2.24) is 4.90 Å². The van der Waals surface area contributed by atoms with Crippen molar-refractivity contribution >= 4 is 17.5 Å². The van der Waals surface area contributed by atoms with Gasteiger partial charge in [-0.15, -0.1) is 0 Å². The van der Waals surface area contributed by atoms with Crippen molar-refractivity contribution in [2.75, 3.05) is 6.54 Å². The molecular formula is C17H11ClF4N2O. The van der Waals surface area contributed by atoms with Gasteiger partial charge in [-0.3, -0.25) is 4.79 Å². The Morgan fingerprint density at radius 1 is 1.16 bits per heavy atom. The summed E-state index contributed by atoms with van der Waals surface area (Å²) in [6.45, 7) is -1.94. The lowest BCUT2D eigenvalue weighted by Gasteiger charge is -2.24. The highest BCUT2D eigenvalue weighted by Gasteiger charge is 2.34. The second-order valence-electron chi connectivity index (χ2n) is 5.21. The summed E-state index contributed by atoms with van der Waals surface area (Å²) in [6, 6.07) is 10.7. The molecule has 0 bridgehead atoms. The van der Waals surface area contributed by atoms with Crippen LogP contribution in [0.3, 0.4) is 0 Å². The van der Waals surface area contributed by atoms with Crippen LogP contribution in [0.2, 0.25) is 5.02 Å². The van der Waals surface area contributed by atoms with Crippen molar-refractivity contribution in [3.05, 3.63) is 70.0 Å². The standard InChI is InChI=1S/C17H11ClF4N2O/c18-13-5-6-15(19)14(7-13)16(25)24(10-17(20,21)22)9-12-3-1-11(8-23)2-4-12/h1-7H,9-10H2. The second-order valence-corrected chi connectivity index (χ2v) is 5.65. The van der Waals surface area contributed by atoms with E-state index in [1.165, 1.54) is 30.3 Å². The average Bonchev–Trinajstić information content (AvgIpc) is 2.55. The number of carbonyl (C=O) groups is 1. The summed E-state index contributed by atoms with van der Waals surface area (Å²) >= 11 is 5.70. The van der Waals surface area contributed by atoms with Gasteiger partial charge >= 0.3 is 6.18 Å². The molecule has 2 aromatic rings. The van der Waals surface area contributed by atoms with E-state index in [4.69, 9.17) is 16.9 Å². The molecule has 0 heterocycles. The molecule has 0 aliphatic heterocycles. The minimum atomic E-state index is -4.66. The first-order chi connectivity index (χ1) is 11.7. The highest BCUT2D eigenvalue weighted by atomic mass is 35.5. The predicted molar refractivity (Wildman–Crippen MR) is 83.4 cm³/mol. The molecule has 0 N–H and O–H groups in total. The maximum atomic E-state index is 13.8. The summed E-state index contributed by atoms with van der Waals surface area (Å²) in [5, 5.41) is 8.78. The van der Waals surface area contributed by atoms with Crippen molar-refractivity contribution in [1.29, 1.82) is 5.26 Å². The molecule has 0 aliphatic carbocycles. The average molecular weight is 371 g/mol. The monoisotopic (exact) mass is 370 g/mol. The molecule has 0 saturated heterocycles. The number of alkyl halides is 3. The van der Waals surface area contributed by atoms with Crippen LogP contribution in [0, 0.1) is 17.1 Å². The third-order valence-corrected chi connectivity index (χ3v) is 3.51. The van der Waals surface area contributed by atoms with Crippen LogP contribution in [-0.2, 0) is 6.54 Å². The van der Waals surface area contributed by atoms with Gasteiger partial charge < -0.3 is 4.90 Å². The van der Waals surface area contributed by atoms with E-state index in [1.807, 2.05) is 6.07 Å². The van der Waals surface area contributed by atoms with Gasteiger partial charge in [-0.1, -0.05) is 23.7 Å². The maximum Gasteiger partial charge on any atom is 0.406 e. The molecule has 0 fully saturated rings. The number of rotatable bonds is 4. The van der Waals surface area contributed by atoms with Crippen LogP contribution in [0.5, 0.6) is 0 Å². The summed E-state index contributed by atoms with van der Waals surface area (Å²) in [5.41, 5.74) is 0.169. The third-order valence-electron chi connectivity index (χ3n) is 3.27. The molecule has 0 aliphatic rings. The Bertz CT molecular complexity index is 813. The first-order valence-corrected chi connectivity index (χ1v) is 7.37. The van der Waals surface area contributed by atoms with Gasteiger partial charge in [0.25, 0.3) is 5.91 Å². The minimum absolute atomic E-state index is 0.0371. The van der Waals surface area contributed by atoms with E-state index < -0.39 is 36.6 Å². The van der Waals surface area contributed by atoms with Gasteiger partial charge in [0.1, 0.15) is 12.4 Å². The zero-order chi connectivity index (χ0) is 18.6. The molecule has 0 atom stereocenters. The summed E-state index contributed by atoms with van der Waals surface area (Å²) in [7, 11) is 0. The highest BCUT2D eigenvalue weighted by molar-refractivity contribution is 6.31. The quantitative estimate of drug-likeness (QED) is 0.741. The normalized spacial score (nSPS) is 11.0. The summed E-state index contributed by atoms with van der Waals surface area (Å²) in [5.74, 6) is -2.08. The number of hydrogen-bond donors (Lipinski definition) is 0. The number of carbonyl (C=O) groups excluding carboxylic acids is 1. The Hall–Kier alpha value is -2.59. The van der Waals surface area contributed by atoms with Gasteiger partial charge in [-0.25, -0.2) is 4.39 Å². The molecule has 2 aromatic carbocycles. The van der Waals surface area contributed by atoms with Crippen molar-refractivity contribution in [3.8, 4) is 6.07 Å². The van der Waals surface area contributed by atoms with Crippen LogP contribution >= 0.6 is 11.6 Å². The topological polar surface area (TPSA) is 44.1 Å². The van der Waals surface area contributed by atoms with E-state index in [2.05, 4.69) is 0 Å². The highest BCUT2D eigenvalue weighted by Crippen LogP contribution is 2.23. The fraction of sp³-hybridized carbons (Fsp3) is 0.176. The summed E-state index contributed by atoms with van der Waals surface area (Å²) in [4.78, 5) is 12.9. The van der Waals surface area contributed by atoms with E-state index in [0.29, 0.717) is 16.0 Å². The van der Waals surface area contributed by atoms with E-state index in [1.54, 1.807) is 0 Å². The van der Waals surface area contributed by atoms with Crippen molar-refractivity contribution in [2.24, 2.45) is 0 Å². The number of amides is 1. The smallest absolute Gasteiger partial charge is 0.325 e. The lowest BCUT2D eigenvalue weighted by Crippen LogP contribution is -2.38. The number of nitriles is 1. The van der Waals surface area contributed by atoms with Crippen LogP contribution < -0.4 is 0 Å². The number of halogens is 5. The lowest BCUT2D eigenvalue weighted by atomic mass is 10.1. The van der Waals surface area contributed by atoms with Crippen LogP contribution in [0.4, 0.5) is 17.6 Å². The molecule has 25 heavy (non-hydrogen) atoms. The molecule has 130 valence electrons. The van der Waals surface area contributed by atoms with Crippen LogP contribution in [0.15, 0.2) is 42.5 Å². The molecule has 8 heteroatoms. The predicted octanol–water partition coefficient (Wildman–Crippen LogP) is 4.56. The first kappa shape index (κ1) is 18.7. The van der Waals surface area contributed by atoms with E-state index in [-0.39, 0.29) is 5.02 Å². The molecule has 3 nitrogen and oxygen atoms in total. The van der Waals surface area contributed by atoms with E-state index >= 15 is 0 Å². The lowest BCUT2D eigenvalue weighted by molar-refractivity contribution is -0.141. The Morgan fingerprint density at radius 3 is 2.36 bits per heavy atom. The first-order valence-electron chi connectivity index (χ1n) is 7.00. The van der Waals surface area contributed by atoms with E-state index in [9.17, 15) is 22.4 Å². The molecule has 0 unspecified atom stereocenters. The Labute approximate surface area is 146 Å². The number of nitrogens with zero attached hydrogens (tertiary/aromatic N) is 2. The minimum Gasteiger partial charge on any atom is -0.325 e. The van der Waals surface area contributed by atoms with E-state index in [0.717, 1.165) is 12.1 Å². The fourth-order valence-corrected chi connectivity index (χ4v) is 2.32. The zero-order valence-electron chi connectivity index (χ0n) is 12.6. The second kappa shape index (κ2) is 7.53. The maximum absolute atomic E-state index is 13.8. The Morgan fingerprint density at radius 2 is 1.80 bits per heavy atom. The van der Waals surface area contributed by atoms with Gasteiger partial charge in [0.05, 0.1) is 17.2 Å². The third kappa shape index (κ3) is 5.19. The largest absolute Gasteiger partial charge is 0.406 e. The van der Waals surface area contributed by atoms with Crippen molar-refractivity contribution < 1.29 is 22.4 Å². The van der Waals surface area contributed by atoms with Crippen molar-refractivity contribution in [3.63, 3.8) is 0 Å². The SMILES string of the molecule is N#Cc1ccc(CN(CC(F)(F)F)C(=O)c2cc(Cl)ccc2F)cc1. The van der Waals surface area contributed by atoms with Gasteiger partial charge in [-0.05, 0) is 35.9 Å². The van der Waals surface area contributed by atoms with Gasteiger partial charge in [0, 0.05) is 11.6 Å². The number of benzene rings is 2. The molecule has 0 radical (unpaired) electrons. The number of hydrogen-bond acceptors (Lipinski definition) is 2. The molecule has 0 aromatic heterocycles. The van der Waals surface area contributed by atoms with Crippen LogP contribution in [-0.4, -0.2) is 23.5 Å². The molecule has 1 amide bonds. The fourth-order valence-electron chi connectivity index (χ4n) is 2.15. The molecular weight excluding hydrogens is 360 g/mol. The Kier molecular flexibility index (Phi) is 5.65. The molecule has 0 saturated carbocycles. The van der Waals surface area contributed by atoms with Gasteiger partial charge in [-0.2, -0.15) is 18.4 Å². The van der Waals surface area contributed by atoms with Crippen LogP contribution in [0.1, 0.15) is 21.5 Å². The zero-order valence-corrected chi connectivity index (χ0v) is 13.4. The van der Waals surface area contributed by atoms with Gasteiger partial charge in [0.2, 0.25) is 0 Å². The summed E-state index contributed by atoms with van der Waals surface area (Å²) in [6.07, 6.45) is -4.66. The molecule has 2 rings (SSSR count). The van der Waals surface area contributed by atoms with Gasteiger partial charge in [0.15, 0.2) is 0 Å². The Balaban J connectivity index is 2.33.